The van der Waals surface area contributed by atoms with Gasteiger partial charge in [-0.2, -0.15) is 8.78 Å². The average Bonchev–Trinajstić information content (AvgIpc) is 3.10. The van der Waals surface area contributed by atoms with Gasteiger partial charge in [0.05, 0.1) is 0 Å². The van der Waals surface area contributed by atoms with E-state index in [1.165, 1.54) is 24.3 Å². The lowest BCUT2D eigenvalue weighted by molar-refractivity contribution is -0.169. The maximum absolute atomic E-state index is 14.3. The number of benzene rings is 3. The number of alkyl halides is 2. The van der Waals surface area contributed by atoms with Crippen LogP contribution in [0.15, 0.2) is 78.9 Å². The Bertz CT molecular complexity index is 1070. The van der Waals surface area contributed by atoms with Crippen LogP contribution >= 0.6 is 0 Å². The fourth-order valence-corrected chi connectivity index (χ4v) is 3.91. The number of hydrogen-bond acceptors (Lipinski definition) is 3. The molecule has 1 aliphatic carbocycles. The molecule has 3 aromatic carbocycles. The second-order valence-corrected chi connectivity index (χ2v) is 7.24. The summed E-state index contributed by atoms with van der Waals surface area (Å²) in [4.78, 5) is 23.5. The summed E-state index contributed by atoms with van der Waals surface area (Å²) in [5, 5.41) is 11.0. The molecule has 0 bridgehead atoms. The number of carboxylic acid groups (broad SMARTS) is 1. The van der Waals surface area contributed by atoms with Gasteiger partial charge < -0.3 is 15.2 Å². The number of carboxylic acids is 1. The highest BCUT2D eigenvalue weighted by molar-refractivity contribution is 5.80. The summed E-state index contributed by atoms with van der Waals surface area (Å²) in [7, 11) is 0. The van der Waals surface area contributed by atoms with E-state index in [9.17, 15) is 18.4 Å². The highest BCUT2D eigenvalue weighted by atomic mass is 19.3. The van der Waals surface area contributed by atoms with Crippen LogP contribution in [0.5, 0.6) is 0 Å². The number of rotatable bonds is 6. The van der Waals surface area contributed by atoms with Gasteiger partial charge in [0, 0.05) is 5.92 Å². The molecule has 0 aliphatic heterocycles. The average molecular weight is 423 g/mol. The van der Waals surface area contributed by atoms with Crippen LogP contribution in [0.25, 0.3) is 11.1 Å². The highest BCUT2D eigenvalue weighted by Gasteiger charge is 2.49. The monoisotopic (exact) mass is 423 g/mol. The van der Waals surface area contributed by atoms with E-state index >= 15 is 0 Å². The van der Waals surface area contributed by atoms with E-state index in [-0.39, 0.29) is 18.1 Å². The summed E-state index contributed by atoms with van der Waals surface area (Å²) < 4.78 is 33.9. The minimum absolute atomic E-state index is 0.0385. The predicted octanol–water partition coefficient (Wildman–Crippen LogP) is 4.99. The number of hydrogen-bond donors (Lipinski definition) is 2. The Morgan fingerprint density at radius 3 is 1.97 bits per heavy atom. The minimum atomic E-state index is -4.22. The molecular weight excluding hydrogens is 404 g/mol. The van der Waals surface area contributed by atoms with E-state index < -0.39 is 24.0 Å². The van der Waals surface area contributed by atoms with Gasteiger partial charge in [-0.05, 0) is 27.8 Å². The van der Waals surface area contributed by atoms with Crippen LogP contribution < -0.4 is 5.32 Å². The molecule has 1 amide bonds. The van der Waals surface area contributed by atoms with Crippen molar-refractivity contribution in [2.45, 2.75) is 17.9 Å². The summed E-state index contributed by atoms with van der Waals surface area (Å²) in [5.41, 5.74) is 3.99. The normalized spacial score (nSPS) is 13.7. The van der Waals surface area contributed by atoms with Crippen molar-refractivity contribution in [1.29, 1.82) is 0 Å². The Balaban J connectivity index is 1.53. The summed E-state index contributed by atoms with van der Waals surface area (Å²) in [5.74, 6) is -6.79. The molecule has 1 unspecified atom stereocenters. The first-order chi connectivity index (χ1) is 14.9. The van der Waals surface area contributed by atoms with Gasteiger partial charge in [-0.15, -0.1) is 0 Å². The lowest BCUT2D eigenvalue weighted by Crippen LogP contribution is -2.45. The quantitative estimate of drug-likeness (QED) is 0.586. The summed E-state index contributed by atoms with van der Waals surface area (Å²) in [6.07, 6.45) is -1.11. The number of amides is 1. The third-order valence-electron chi connectivity index (χ3n) is 5.39. The van der Waals surface area contributed by atoms with Crippen molar-refractivity contribution in [2.24, 2.45) is 0 Å². The van der Waals surface area contributed by atoms with Gasteiger partial charge in [0.2, 0.25) is 0 Å². The molecule has 1 aliphatic rings. The summed E-state index contributed by atoms with van der Waals surface area (Å²) in [6.45, 7) is -0.0694. The maximum atomic E-state index is 14.3. The predicted molar refractivity (Wildman–Crippen MR) is 110 cm³/mol. The lowest BCUT2D eigenvalue weighted by Gasteiger charge is -2.25. The fourth-order valence-electron chi connectivity index (χ4n) is 3.91. The molecule has 3 aromatic rings. The van der Waals surface area contributed by atoms with E-state index in [0.717, 1.165) is 22.3 Å². The van der Waals surface area contributed by atoms with Crippen molar-refractivity contribution in [3.8, 4) is 11.1 Å². The topological polar surface area (TPSA) is 75.6 Å². The molecule has 0 saturated heterocycles. The molecule has 0 fully saturated rings. The van der Waals surface area contributed by atoms with Gasteiger partial charge in [0.25, 0.3) is 0 Å². The van der Waals surface area contributed by atoms with Crippen molar-refractivity contribution in [3.05, 3.63) is 95.6 Å². The Kier molecular flexibility index (Phi) is 5.42. The summed E-state index contributed by atoms with van der Waals surface area (Å²) in [6, 6.07) is 20.6. The lowest BCUT2D eigenvalue weighted by atomic mass is 9.98. The number of fused-ring (bicyclic) bond motifs is 3. The number of halogens is 2. The number of carbonyl (C=O) groups is 2. The first-order valence-corrected chi connectivity index (χ1v) is 9.67. The first-order valence-electron chi connectivity index (χ1n) is 9.67. The van der Waals surface area contributed by atoms with Crippen LogP contribution in [0, 0.1) is 0 Å². The molecule has 158 valence electrons. The van der Waals surface area contributed by atoms with Crippen LogP contribution in [0.3, 0.4) is 0 Å². The SMILES string of the molecule is O=C(NC(c1ccccc1)C(F)(F)C(=O)O)OCC1c2ccccc2-c2ccccc21. The number of nitrogens with one attached hydrogen (secondary N) is 1. The third kappa shape index (κ3) is 3.86. The van der Waals surface area contributed by atoms with Crippen molar-refractivity contribution < 1.29 is 28.2 Å². The van der Waals surface area contributed by atoms with Crippen molar-refractivity contribution >= 4 is 12.1 Å². The van der Waals surface area contributed by atoms with E-state index in [0.29, 0.717) is 0 Å². The van der Waals surface area contributed by atoms with Crippen molar-refractivity contribution in [3.63, 3.8) is 0 Å². The molecule has 0 radical (unpaired) electrons. The summed E-state index contributed by atoms with van der Waals surface area (Å²) >= 11 is 0. The van der Waals surface area contributed by atoms with Crippen LogP contribution in [0.4, 0.5) is 13.6 Å². The number of alkyl carbamates (subject to hydrolysis) is 1. The van der Waals surface area contributed by atoms with E-state index in [1.807, 2.05) is 53.8 Å². The molecule has 0 heterocycles. The standard InChI is InChI=1S/C24H19F2NO4/c25-24(26,22(28)29)21(15-8-2-1-3-9-15)27-23(30)31-14-20-18-12-6-4-10-16(18)17-11-5-7-13-19(17)20/h1-13,20-21H,14H2,(H,27,30)(H,28,29). The van der Waals surface area contributed by atoms with Gasteiger partial charge in [0.15, 0.2) is 0 Å². The van der Waals surface area contributed by atoms with Gasteiger partial charge in [0.1, 0.15) is 12.6 Å². The zero-order valence-corrected chi connectivity index (χ0v) is 16.3. The fraction of sp³-hybridized carbons (Fsp3) is 0.167. The first kappa shape index (κ1) is 20.5. The molecule has 7 heteroatoms. The molecule has 0 spiro atoms. The van der Waals surface area contributed by atoms with Crippen molar-refractivity contribution in [2.75, 3.05) is 6.61 Å². The largest absolute Gasteiger partial charge is 0.477 e. The van der Waals surface area contributed by atoms with E-state index in [2.05, 4.69) is 0 Å². The number of ether oxygens (including phenoxy) is 1. The molecule has 31 heavy (non-hydrogen) atoms. The number of aliphatic carboxylic acids is 1. The van der Waals surface area contributed by atoms with Gasteiger partial charge in [-0.25, -0.2) is 9.59 Å². The van der Waals surface area contributed by atoms with Crippen LogP contribution in [0.1, 0.15) is 28.7 Å². The van der Waals surface area contributed by atoms with E-state index in [1.54, 1.807) is 6.07 Å². The van der Waals surface area contributed by atoms with Gasteiger partial charge >= 0.3 is 18.0 Å². The third-order valence-corrected chi connectivity index (χ3v) is 5.39. The van der Waals surface area contributed by atoms with Gasteiger partial charge in [-0.3, -0.25) is 0 Å². The smallest absolute Gasteiger partial charge is 0.407 e. The second kappa shape index (κ2) is 8.18. The zero-order valence-electron chi connectivity index (χ0n) is 16.3. The van der Waals surface area contributed by atoms with Crippen LogP contribution in [0.2, 0.25) is 0 Å². The Morgan fingerprint density at radius 2 is 1.42 bits per heavy atom. The molecule has 5 nitrogen and oxygen atoms in total. The minimum Gasteiger partial charge on any atom is -0.477 e. The molecule has 0 aromatic heterocycles. The number of carbonyl (C=O) groups excluding carboxylic acids is 1. The van der Waals surface area contributed by atoms with Crippen LogP contribution in [-0.4, -0.2) is 29.7 Å². The van der Waals surface area contributed by atoms with Crippen LogP contribution in [-0.2, 0) is 9.53 Å². The Morgan fingerprint density at radius 1 is 0.903 bits per heavy atom. The molecule has 1 atom stereocenters. The van der Waals surface area contributed by atoms with Crippen molar-refractivity contribution in [1.82, 2.24) is 5.32 Å². The second-order valence-electron chi connectivity index (χ2n) is 7.24. The maximum Gasteiger partial charge on any atom is 0.407 e. The Labute approximate surface area is 177 Å². The van der Waals surface area contributed by atoms with E-state index in [4.69, 9.17) is 9.84 Å². The molecule has 4 rings (SSSR count). The zero-order chi connectivity index (χ0) is 22.0. The van der Waals surface area contributed by atoms with Gasteiger partial charge in [-0.1, -0.05) is 78.9 Å². The highest BCUT2D eigenvalue weighted by Crippen LogP contribution is 2.44. The molecular formula is C24H19F2NO4. The molecule has 0 saturated carbocycles. The molecule has 2 N–H and O–H groups in total. The Hall–Kier alpha value is -3.74.